The van der Waals surface area contributed by atoms with Gasteiger partial charge in [-0.3, -0.25) is 4.79 Å². The second-order valence-electron chi connectivity index (χ2n) is 5.46. The summed E-state index contributed by atoms with van der Waals surface area (Å²) in [6.07, 6.45) is -4.79. The lowest BCUT2D eigenvalue weighted by atomic mass is 9.96. The third-order valence-electron chi connectivity index (χ3n) is 3.91. The first kappa shape index (κ1) is 18.7. The zero-order chi connectivity index (χ0) is 18.1. The van der Waals surface area contributed by atoms with Gasteiger partial charge in [0.2, 0.25) is 10.0 Å². The molecule has 0 amide bonds. The van der Waals surface area contributed by atoms with Crippen molar-refractivity contribution in [3.8, 4) is 0 Å². The van der Waals surface area contributed by atoms with Crippen LogP contribution in [0.2, 0.25) is 0 Å². The van der Waals surface area contributed by atoms with E-state index in [1.807, 2.05) is 0 Å². The van der Waals surface area contributed by atoms with Crippen molar-refractivity contribution in [3.05, 3.63) is 29.8 Å². The van der Waals surface area contributed by atoms with Crippen molar-refractivity contribution < 1.29 is 36.2 Å². The Morgan fingerprint density at radius 3 is 2.46 bits per heavy atom. The van der Waals surface area contributed by atoms with E-state index in [4.69, 9.17) is 9.84 Å². The molecule has 0 bridgehead atoms. The van der Waals surface area contributed by atoms with E-state index in [0.717, 1.165) is 0 Å². The number of carbonyl (C=O) groups is 1. The molecule has 2 rings (SSSR count). The number of ether oxygens (including phenoxy) is 1. The fourth-order valence-electron chi connectivity index (χ4n) is 2.72. The average Bonchev–Trinajstić information content (AvgIpc) is 2.94. The number of nitrogens with zero attached hydrogens (tertiary/aromatic N) is 1. The van der Waals surface area contributed by atoms with Gasteiger partial charge in [0.15, 0.2) is 0 Å². The molecule has 0 spiro atoms. The minimum atomic E-state index is -4.79. The molecule has 1 fully saturated rings. The van der Waals surface area contributed by atoms with Gasteiger partial charge in [0.25, 0.3) is 0 Å². The molecule has 2 atom stereocenters. The number of rotatable bonds is 5. The van der Waals surface area contributed by atoms with Gasteiger partial charge in [-0.2, -0.15) is 17.5 Å². The third kappa shape index (κ3) is 3.55. The number of carboxylic acids is 1. The normalized spacial score (nSPS) is 22.7. The highest BCUT2D eigenvalue weighted by Gasteiger charge is 2.55. The number of methoxy groups -OCH3 is 1. The molecule has 0 unspecified atom stereocenters. The lowest BCUT2D eigenvalue weighted by Crippen LogP contribution is -2.34. The summed E-state index contributed by atoms with van der Waals surface area (Å²) >= 11 is 0. The number of carboxylic acid groups (broad SMARTS) is 1. The molecular weight excluding hydrogens is 351 g/mol. The van der Waals surface area contributed by atoms with Gasteiger partial charge in [-0.25, -0.2) is 8.42 Å². The van der Waals surface area contributed by atoms with Gasteiger partial charge >= 0.3 is 12.1 Å². The van der Waals surface area contributed by atoms with Crippen molar-refractivity contribution >= 4 is 16.0 Å². The molecule has 0 saturated carbocycles. The van der Waals surface area contributed by atoms with Gasteiger partial charge in [0.1, 0.15) is 0 Å². The molecule has 1 aromatic carbocycles. The second-order valence-corrected chi connectivity index (χ2v) is 7.36. The van der Waals surface area contributed by atoms with Crippen LogP contribution in [0.4, 0.5) is 13.2 Å². The largest absolute Gasteiger partial charge is 0.481 e. The van der Waals surface area contributed by atoms with Crippen LogP contribution < -0.4 is 0 Å². The van der Waals surface area contributed by atoms with Gasteiger partial charge in [0, 0.05) is 20.2 Å². The SMILES string of the molecule is COCc1ccccc1S(=O)(=O)N1C[C@@H](C(F)(F)F)[C@H](C(=O)O)C1. The zero-order valence-electron chi connectivity index (χ0n) is 12.7. The Morgan fingerprint density at radius 1 is 1.33 bits per heavy atom. The van der Waals surface area contributed by atoms with Gasteiger partial charge in [0.05, 0.1) is 23.3 Å². The Hall–Kier alpha value is -1.65. The maximum Gasteiger partial charge on any atom is 0.393 e. The Bertz CT molecular complexity index is 719. The third-order valence-corrected chi connectivity index (χ3v) is 5.85. The highest BCUT2D eigenvalue weighted by Crippen LogP contribution is 2.40. The summed E-state index contributed by atoms with van der Waals surface area (Å²) in [7, 11) is -2.90. The van der Waals surface area contributed by atoms with Gasteiger partial charge in [-0.1, -0.05) is 18.2 Å². The van der Waals surface area contributed by atoms with Crippen LogP contribution in [0.25, 0.3) is 0 Å². The van der Waals surface area contributed by atoms with E-state index in [0.29, 0.717) is 9.87 Å². The fraction of sp³-hybridized carbons (Fsp3) is 0.500. The molecule has 0 radical (unpaired) electrons. The number of benzene rings is 1. The maximum atomic E-state index is 13.0. The van der Waals surface area contributed by atoms with E-state index in [-0.39, 0.29) is 11.5 Å². The molecule has 10 heteroatoms. The van der Waals surface area contributed by atoms with Crippen LogP contribution >= 0.6 is 0 Å². The Kier molecular flexibility index (Phi) is 5.21. The summed E-state index contributed by atoms with van der Waals surface area (Å²) in [6, 6.07) is 5.77. The minimum absolute atomic E-state index is 0.0334. The van der Waals surface area contributed by atoms with Crippen molar-refractivity contribution in [2.24, 2.45) is 11.8 Å². The summed E-state index contributed by atoms with van der Waals surface area (Å²) in [5.41, 5.74) is 0.294. The van der Waals surface area contributed by atoms with Crippen LogP contribution in [0, 0.1) is 11.8 Å². The molecule has 1 heterocycles. The summed E-state index contributed by atoms with van der Waals surface area (Å²) in [5, 5.41) is 9.00. The Labute approximate surface area is 136 Å². The quantitative estimate of drug-likeness (QED) is 0.857. The van der Waals surface area contributed by atoms with E-state index in [1.165, 1.54) is 25.3 Å². The van der Waals surface area contributed by atoms with Crippen LogP contribution in [-0.2, 0) is 26.2 Å². The molecule has 1 saturated heterocycles. The van der Waals surface area contributed by atoms with Crippen molar-refractivity contribution in [1.82, 2.24) is 4.31 Å². The molecular formula is C14H16F3NO5S. The Balaban J connectivity index is 2.39. The van der Waals surface area contributed by atoms with E-state index in [2.05, 4.69) is 0 Å². The van der Waals surface area contributed by atoms with Crippen LogP contribution in [-0.4, -0.2) is 50.2 Å². The highest BCUT2D eigenvalue weighted by molar-refractivity contribution is 7.89. The summed E-state index contributed by atoms with van der Waals surface area (Å²) in [4.78, 5) is 10.9. The maximum absolute atomic E-state index is 13.0. The lowest BCUT2D eigenvalue weighted by molar-refractivity contribution is -0.187. The average molecular weight is 367 g/mol. The first-order valence-electron chi connectivity index (χ1n) is 6.95. The van der Waals surface area contributed by atoms with Crippen molar-refractivity contribution in [2.45, 2.75) is 17.7 Å². The van der Waals surface area contributed by atoms with Crippen molar-refractivity contribution in [2.75, 3.05) is 20.2 Å². The minimum Gasteiger partial charge on any atom is -0.481 e. The Morgan fingerprint density at radius 2 is 1.96 bits per heavy atom. The number of hydrogen-bond donors (Lipinski definition) is 1. The molecule has 1 aliphatic rings. The standard InChI is InChI=1S/C14H16F3NO5S/c1-23-8-9-4-2-3-5-12(9)24(21,22)18-6-10(13(19)20)11(7-18)14(15,16)17/h2-5,10-11H,6-8H2,1H3,(H,19,20)/t10-,11-/m1/s1. The number of sulfonamides is 1. The van der Waals surface area contributed by atoms with Crippen molar-refractivity contribution in [3.63, 3.8) is 0 Å². The van der Waals surface area contributed by atoms with E-state index in [9.17, 15) is 26.4 Å². The van der Waals surface area contributed by atoms with Crippen molar-refractivity contribution in [1.29, 1.82) is 0 Å². The highest BCUT2D eigenvalue weighted by atomic mass is 32.2. The van der Waals surface area contributed by atoms with E-state index < -0.39 is 47.1 Å². The number of hydrogen-bond acceptors (Lipinski definition) is 4. The number of halogens is 3. The molecule has 134 valence electrons. The molecule has 0 aromatic heterocycles. The van der Waals surface area contributed by atoms with E-state index in [1.54, 1.807) is 6.07 Å². The van der Waals surface area contributed by atoms with Crippen LogP contribution in [0.5, 0.6) is 0 Å². The summed E-state index contributed by atoms with van der Waals surface area (Å²) in [5.74, 6) is -5.73. The molecule has 1 N–H and O–H groups in total. The van der Waals surface area contributed by atoms with Gasteiger partial charge in [-0.05, 0) is 11.6 Å². The fourth-order valence-corrected chi connectivity index (χ4v) is 4.42. The first-order chi connectivity index (χ1) is 11.1. The summed E-state index contributed by atoms with van der Waals surface area (Å²) < 4.78 is 69.9. The number of alkyl halides is 3. The molecule has 24 heavy (non-hydrogen) atoms. The second kappa shape index (κ2) is 6.69. The topological polar surface area (TPSA) is 83.9 Å². The molecule has 6 nitrogen and oxygen atoms in total. The van der Waals surface area contributed by atoms with Gasteiger partial charge in [-0.15, -0.1) is 0 Å². The predicted molar refractivity (Wildman–Crippen MR) is 76.6 cm³/mol. The predicted octanol–water partition coefficient (Wildman–Crippen LogP) is 1.72. The molecule has 1 aliphatic heterocycles. The van der Waals surface area contributed by atoms with E-state index >= 15 is 0 Å². The smallest absolute Gasteiger partial charge is 0.393 e. The van der Waals surface area contributed by atoms with Crippen LogP contribution in [0.3, 0.4) is 0 Å². The first-order valence-corrected chi connectivity index (χ1v) is 8.39. The number of aliphatic carboxylic acids is 1. The molecule has 1 aromatic rings. The monoisotopic (exact) mass is 367 g/mol. The summed E-state index contributed by atoms with van der Waals surface area (Å²) in [6.45, 7) is -1.67. The lowest BCUT2D eigenvalue weighted by Gasteiger charge is -2.19. The zero-order valence-corrected chi connectivity index (χ0v) is 13.5. The molecule has 0 aliphatic carbocycles. The van der Waals surface area contributed by atoms with Crippen LogP contribution in [0.15, 0.2) is 29.2 Å². The van der Waals surface area contributed by atoms with Crippen LogP contribution in [0.1, 0.15) is 5.56 Å². The van der Waals surface area contributed by atoms with Gasteiger partial charge < -0.3 is 9.84 Å².